The second kappa shape index (κ2) is 11.6. The van der Waals surface area contributed by atoms with E-state index in [1.807, 2.05) is 30.9 Å². The van der Waals surface area contributed by atoms with Gasteiger partial charge in [-0.2, -0.15) is 10.1 Å². The van der Waals surface area contributed by atoms with Crippen LogP contribution in [-0.2, 0) is 7.05 Å². The van der Waals surface area contributed by atoms with E-state index in [-0.39, 0.29) is 36.5 Å². The van der Waals surface area contributed by atoms with Crippen LogP contribution in [0, 0.1) is 19.7 Å². The molecule has 4 heterocycles. The van der Waals surface area contributed by atoms with Crippen LogP contribution in [-0.4, -0.2) is 50.4 Å². The first-order valence-electron chi connectivity index (χ1n) is 11.9. The molecule has 1 unspecified atom stereocenters. The summed E-state index contributed by atoms with van der Waals surface area (Å²) in [6, 6.07) is 4.15. The van der Waals surface area contributed by atoms with Crippen LogP contribution in [0.15, 0.2) is 18.3 Å². The number of aryl methyl sites for hydroxylation is 3. The van der Waals surface area contributed by atoms with Gasteiger partial charge in [-0.15, -0.1) is 24.8 Å². The van der Waals surface area contributed by atoms with Crippen LogP contribution in [0.25, 0.3) is 0 Å². The average molecular weight is 539 g/mol. The van der Waals surface area contributed by atoms with Crippen molar-refractivity contribution in [2.24, 2.45) is 7.05 Å². The summed E-state index contributed by atoms with van der Waals surface area (Å²) in [4.78, 5) is 16.0. The molecule has 1 aliphatic heterocycles. The maximum atomic E-state index is 14.7. The fraction of sp³-hybridized carbons (Fsp3) is 0.500. The van der Waals surface area contributed by atoms with E-state index in [2.05, 4.69) is 42.8 Å². The Bertz CT molecular complexity index is 1180. The largest absolute Gasteiger partial charge is 0.364 e. The average Bonchev–Trinajstić information content (AvgIpc) is 3.07. The molecule has 2 aliphatic rings. The molecule has 0 bridgehead atoms. The number of anilines is 5. The first kappa shape index (κ1) is 27.9. The van der Waals surface area contributed by atoms with Gasteiger partial charge in [0.25, 0.3) is 0 Å². The number of halogens is 3. The topological polar surface area (TPSA) is 95.8 Å². The molecule has 9 nitrogen and oxygen atoms in total. The molecule has 0 radical (unpaired) electrons. The highest BCUT2D eigenvalue weighted by Crippen LogP contribution is 2.39. The van der Waals surface area contributed by atoms with Gasteiger partial charge in [0.15, 0.2) is 11.6 Å². The van der Waals surface area contributed by atoms with Crippen LogP contribution in [0.2, 0.25) is 0 Å². The van der Waals surface area contributed by atoms with E-state index >= 15 is 0 Å². The Labute approximate surface area is 223 Å². The van der Waals surface area contributed by atoms with E-state index in [1.165, 1.54) is 0 Å². The summed E-state index contributed by atoms with van der Waals surface area (Å²) >= 11 is 0. The van der Waals surface area contributed by atoms with E-state index in [4.69, 9.17) is 4.98 Å². The zero-order valence-electron chi connectivity index (χ0n) is 21.0. The molecule has 1 atom stereocenters. The number of hydrogen-bond acceptors (Lipinski definition) is 8. The molecule has 36 heavy (non-hydrogen) atoms. The van der Waals surface area contributed by atoms with Gasteiger partial charge in [0.1, 0.15) is 11.6 Å². The van der Waals surface area contributed by atoms with Gasteiger partial charge in [-0.25, -0.2) is 14.4 Å². The maximum absolute atomic E-state index is 14.7. The van der Waals surface area contributed by atoms with Gasteiger partial charge < -0.3 is 20.9 Å². The molecule has 1 saturated carbocycles. The molecule has 0 spiro atoms. The van der Waals surface area contributed by atoms with E-state index in [0.29, 0.717) is 29.3 Å². The number of hydrogen-bond donors (Lipinski definition) is 3. The minimum absolute atomic E-state index is 0. The van der Waals surface area contributed by atoms with Crippen LogP contribution in [0.4, 0.5) is 33.5 Å². The number of pyridine rings is 1. The Kier molecular flexibility index (Phi) is 8.97. The Morgan fingerprint density at radius 1 is 1.08 bits per heavy atom. The summed E-state index contributed by atoms with van der Waals surface area (Å²) in [7, 11) is 1.91. The van der Waals surface area contributed by atoms with Crippen LogP contribution >= 0.6 is 24.8 Å². The second-order valence-electron chi connectivity index (χ2n) is 9.40. The zero-order chi connectivity index (χ0) is 23.8. The monoisotopic (exact) mass is 537 g/mol. The van der Waals surface area contributed by atoms with Crippen LogP contribution < -0.4 is 20.9 Å². The molecule has 0 aromatic carbocycles. The van der Waals surface area contributed by atoms with Gasteiger partial charge in [0.05, 0.1) is 17.6 Å². The quantitative estimate of drug-likeness (QED) is 0.414. The number of piperazine rings is 1. The lowest BCUT2D eigenvalue weighted by atomic mass is 9.80. The molecule has 3 N–H and O–H groups in total. The third kappa shape index (κ3) is 5.82. The van der Waals surface area contributed by atoms with Gasteiger partial charge in [0, 0.05) is 44.5 Å². The molecule has 5 rings (SSSR count). The molecule has 3 aromatic heterocycles. The summed E-state index contributed by atoms with van der Waals surface area (Å²) in [5, 5.41) is 14.6. The third-order valence-corrected chi connectivity index (χ3v) is 6.78. The zero-order valence-corrected chi connectivity index (χ0v) is 22.6. The molecule has 3 aromatic rings. The van der Waals surface area contributed by atoms with E-state index in [0.717, 1.165) is 61.7 Å². The van der Waals surface area contributed by atoms with Gasteiger partial charge >= 0.3 is 0 Å². The highest BCUT2D eigenvalue weighted by molar-refractivity contribution is 5.85. The Balaban J connectivity index is 0.00000180. The highest BCUT2D eigenvalue weighted by atomic mass is 35.5. The van der Waals surface area contributed by atoms with Crippen LogP contribution in [0.1, 0.15) is 49.1 Å². The molecular weight excluding hydrogens is 504 g/mol. The summed E-state index contributed by atoms with van der Waals surface area (Å²) in [6.45, 7) is 8.49. The molecule has 1 saturated heterocycles. The Morgan fingerprint density at radius 3 is 2.50 bits per heavy atom. The van der Waals surface area contributed by atoms with Crippen molar-refractivity contribution in [3.05, 3.63) is 41.1 Å². The number of aromatic nitrogens is 5. The van der Waals surface area contributed by atoms with E-state index in [1.54, 1.807) is 13.0 Å². The normalized spacial score (nSPS) is 17.6. The maximum Gasteiger partial charge on any atom is 0.230 e. The first-order valence-corrected chi connectivity index (χ1v) is 11.9. The minimum atomic E-state index is -0.202. The van der Waals surface area contributed by atoms with E-state index in [9.17, 15) is 4.39 Å². The summed E-state index contributed by atoms with van der Waals surface area (Å²) in [5.41, 5.74) is 3.08. The summed E-state index contributed by atoms with van der Waals surface area (Å²) in [5.74, 6) is 2.42. The van der Waals surface area contributed by atoms with Crippen molar-refractivity contribution in [1.29, 1.82) is 0 Å². The van der Waals surface area contributed by atoms with Gasteiger partial charge in [0.2, 0.25) is 5.95 Å². The fourth-order valence-corrected chi connectivity index (χ4v) is 4.53. The number of rotatable bonds is 6. The minimum Gasteiger partial charge on any atom is -0.364 e. The molecule has 196 valence electrons. The smallest absolute Gasteiger partial charge is 0.230 e. The molecular formula is C24H34Cl2FN9. The second-order valence-corrected chi connectivity index (χ2v) is 9.40. The Hall–Kier alpha value is -2.69. The molecule has 2 fully saturated rings. The summed E-state index contributed by atoms with van der Waals surface area (Å²) in [6.07, 6.45) is 5.01. The SMILES string of the molecule is Cc1nc(Nc2ncc(N3CCNC(C)C3)c(Nc3cc(C)n(C)n3)n2)cc(C2CCC2)c1F.Cl.Cl. The lowest BCUT2D eigenvalue weighted by molar-refractivity contribution is 0.402. The standard InChI is InChI=1S/C24H32FN9.2ClH/c1-14-13-34(9-8-26-14)19-12-27-24(31-23(19)29-21-10-15(2)33(4)32-21)30-20-11-18(17-6-5-7-17)22(25)16(3)28-20;;/h10-12,14,17,26H,5-9,13H2,1-4H3,(H2,27,28,29,30,31,32);2*1H. The summed E-state index contributed by atoms with van der Waals surface area (Å²) < 4.78 is 16.5. The van der Waals surface area contributed by atoms with E-state index < -0.39 is 0 Å². The van der Waals surface area contributed by atoms with Gasteiger partial charge in [-0.05, 0) is 51.2 Å². The molecule has 0 amide bonds. The first-order chi connectivity index (χ1) is 16.4. The number of nitrogens with one attached hydrogen (secondary N) is 3. The third-order valence-electron chi connectivity index (χ3n) is 6.78. The highest BCUT2D eigenvalue weighted by Gasteiger charge is 2.25. The lowest BCUT2D eigenvalue weighted by Gasteiger charge is -2.34. The predicted molar refractivity (Wildman–Crippen MR) is 146 cm³/mol. The predicted octanol–water partition coefficient (Wildman–Crippen LogP) is 4.76. The number of nitrogens with zero attached hydrogens (tertiary/aromatic N) is 6. The van der Waals surface area contributed by atoms with Gasteiger partial charge in [-0.1, -0.05) is 6.42 Å². The fourth-order valence-electron chi connectivity index (χ4n) is 4.53. The van der Waals surface area contributed by atoms with Crippen LogP contribution in [0.3, 0.4) is 0 Å². The van der Waals surface area contributed by atoms with Crippen molar-refractivity contribution in [1.82, 2.24) is 30.0 Å². The van der Waals surface area contributed by atoms with Crippen molar-refractivity contribution in [2.75, 3.05) is 35.2 Å². The van der Waals surface area contributed by atoms with Crippen molar-refractivity contribution < 1.29 is 4.39 Å². The molecule has 12 heteroatoms. The van der Waals surface area contributed by atoms with Crippen molar-refractivity contribution in [3.8, 4) is 0 Å². The molecule has 1 aliphatic carbocycles. The van der Waals surface area contributed by atoms with Gasteiger partial charge in [-0.3, -0.25) is 4.68 Å². The van der Waals surface area contributed by atoms with Crippen LogP contribution in [0.5, 0.6) is 0 Å². The lowest BCUT2D eigenvalue weighted by Crippen LogP contribution is -2.49. The Morgan fingerprint density at radius 2 is 1.86 bits per heavy atom. The van der Waals surface area contributed by atoms with Crippen molar-refractivity contribution in [2.45, 2.75) is 52.0 Å². The van der Waals surface area contributed by atoms with Crippen molar-refractivity contribution in [3.63, 3.8) is 0 Å². The van der Waals surface area contributed by atoms with Crippen molar-refractivity contribution >= 4 is 53.9 Å².